The molecule has 1 aromatic rings. The summed E-state index contributed by atoms with van der Waals surface area (Å²) < 4.78 is 31.6. The lowest BCUT2D eigenvalue weighted by Gasteiger charge is -2.27. The molecule has 0 unspecified atom stereocenters. The van der Waals surface area contributed by atoms with Crippen molar-refractivity contribution in [2.75, 3.05) is 46.4 Å². The number of benzene rings is 1. The molecule has 7 nitrogen and oxygen atoms in total. The lowest BCUT2D eigenvalue weighted by molar-refractivity contribution is 0.0600. The summed E-state index contributed by atoms with van der Waals surface area (Å²) in [6.07, 6.45) is 0. The van der Waals surface area contributed by atoms with Gasteiger partial charge in [0.25, 0.3) is 0 Å². The van der Waals surface area contributed by atoms with Gasteiger partial charge in [0, 0.05) is 39.3 Å². The third-order valence-corrected chi connectivity index (χ3v) is 4.95. The quantitative estimate of drug-likeness (QED) is 0.677. The van der Waals surface area contributed by atoms with E-state index in [2.05, 4.69) is 19.7 Å². The zero-order valence-electron chi connectivity index (χ0n) is 13.4. The number of sulfonamides is 1. The summed E-state index contributed by atoms with van der Waals surface area (Å²) in [6.45, 7) is 4.68. The second-order valence-electron chi connectivity index (χ2n) is 5.01. The number of methoxy groups -OCH3 is 1. The minimum Gasteiger partial charge on any atom is -0.465 e. The molecule has 1 aliphatic heterocycles. The Morgan fingerprint density at radius 3 is 2.58 bits per heavy atom. The van der Waals surface area contributed by atoms with Gasteiger partial charge in [-0.15, -0.1) is 24.8 Å². The Hall–Kier alpha value is -0.900. The zero-order chi connectivity index (χ0) is 16.0. The van der Waals surface area contributed by atoms with Crippen molar-refractivity contribution in [3.63, 3.8) is 0 Å². The summed E-state index contributed by atoms with van der Waals surface area (Å²) >= 11 is 0. The molecular weight excluding hydrogens is 377 g/mol. The molecule has 10 heteroatoms. The van der Waals surface area contributed by atoms with Crippen molar-refractivity contribution in [1.29, 1.82) is 0 Å². The van der Waals surface area contributed by atoms with Crippen molar-refractivity contribution in [2.45, 2.75) is 4.90 Å². The highest BCUT2D eigenvalue weighted by Gasteiger charge is 2.17. The molecule has 1 fully saturated rings. The maximum absolute atomic E-state index is 12.2. The van der Waals surface area contributed by atoms with E-state index >= 15 is 0 Å². The highest BCUT2D eigenvalue weighted by atomic mass is 35.5. The number of piperazine rings is 1. The molecule has 0 amide bonds. The third kappa shape index (κ3) is 6.54. The second-order valence-corrected chi connectivity index (χ2v) is 6.78. The molecular formula is C14H23Cl2N3O4S. The van der Waals surface area contributed by atoms with E-state index in [0.717, 1.165) is 26.2 Å². The van der Waals surface area contributed by atoms with Crippen LogP contribution in [0, 0.1) is 0 Å². The molecule has 24 heavy (non-hydrogen) atoms. The highest BCUT2D eigenvalue weighted by Crippen LogP contribution is 2.12. The van der Waals surface area contributed by atoms with Crippen LogP contribution in [0.15, 0.2) is 29.2 Å². The lowest BCUT2D eigenvalue weighted by atomic mass is 10.2. The van der Waals surface area contributed by atoms with E-state index < -0.39 is 16.0 Å². The van der Waals surface area contributed by atoms with Crippen LogP contribution < -0.4 is 10.0 Å². The van der Waals surface area contributed by atoms with Crippen molar-refractivity contribution in [2.24, 2.45) is 0 Å². The summed E-state index contributed by atoms with van der Waals surface area (Å²) in [6, 6.07) is 5.82. The molecule has 0 aromatic heterocycles. The number of hydrogen-bond donors (Lipinski definition) is 2. The van der Waals surface area contributed by atoms with E-state index in [9.17, 15) is 13.2 Å². The smallest absolute Gasteiger partial charge is 0.337 e. The first-order chi connectivity index (χ1) is 10.5. The van der Waals surface area contributed by atoms with Gasteiger partial charge in [-0.05, 0) is 18.2 Å². The van der Waals surface area contributed by atoms with Gasteiger partial charge >= 0.3 is 5.97 Å². The van der Waals surface area contributed by atoms with E-state index in [-0.39, 0.29) is 35.3 Å². The van der Waals surface area contributed by atoms with Crippen LogP contribution in [0.1, 0.15) is 10.4 Å². The largest absolute Gasteiger partial charge is 0.465 e. The zero-order valence-corrected chi connectivity index (χ0v) is 15.8. The normalized spacial score (nSPS) is 15.0. The SMILES string of the molecule is COC(=O)c1cccc(S(=O)(=O)NCCN2CCNCC2)c1.Cl.Cl. The molecule has 0 bridgehead atoms. The monoisotopic (exact) mass is 399 g/mol. The number of rotatable bonds is 6. The number of esters is 1. The number of hydrogen-bond acceptors (Lipinski definition) is 6. The topological polar surface area (TPSA) is 87.7 Å². The Balaban J connectivity index is 0.00000264. The number of carbonyl (C=O) groups is 1. The standard InChI is InChI=1S/C14H21N3O4S.2ClH/c1-21-14(18)12-3-2-4-13(11-12)22(19,20)16-7-10-17-8-5-15-6-9-17;;/h2-4,11,15-16H,5-10H2,1H3;2*1H. The molecule has 0 aliphatic carbocycles. The van der Waals surface area contributed by atoms with Crippen molar-refractivity contribution < 1.29 is 17.9 Å². The summed E-state index contributed by atoms with van der Waals surface area (Å²) in [5.41, 5.74) is 0.215. The molecule has 2 rings (SSSR count). The lowest BCUT2D eigenvalue weighted by Crippen LogP contribution is -2.46. The average Bonchev–Trinajstić information content (AvgIpc) is 2.55. The molecule has 0 spiro atoms. The molecule has 0 saturated carbocycles. The maximum atomic E-state index is 12.2. The molecule has 138 valence electrons. The van der Waals surface area contributed by atoms with Crippen molar-refractivity contribution in [1.82, 2.24) is 14.9 Å². The van der Waals surface area contributed by atoms with Gasteiger partial charge in [-0.2, -0.15) is 0 Å². The molecule has 1 saturated heterocycles. The van der Waals surface area contributed by atoms with Crippen LogP contribution in [-0.2, 0) is 14.8 Å². The van der Waals surface area contributed by atoms with Crippen molar-refractivity contribution >= 4 is 40.8 Å². The first kappa shape index (κ1) is 23.1. The Labute approximate surface area is 155 Å². The van der Waals surface area contributed by atoms with Gasteiger partial charge < -0.3 is 10.1 Å². The van der Waals surface area contributed by atoms with Crippen LogP contribution in [-0.4, -0.2) is 65.7 Å². The first-order valence-electron chi connectivity index (χ1n) is 7.14. The van der Waals surface area contributed by atoms with Gasteiger partial charge in [0.1, 0.15) is 0 Å². The fraction of sp³-hybridized carbons (Fsp3) is 0.500. The van der Waals surface area contributed by atoms with Gasteiger partial charge in [-0.1, -0.05) is 6.07 Å². The summed E-state index contributed by atoms with van der Waals surface area (Å²) in [4.78, 5) is 13.7. The van der Waals surface area contributed by atoms with Crippen LogP contribution in [0.3, 0.4) is 0 Å². The first-order valence-corrected chi connectivity index (χ1v) is 8.62. The summed E-state index contributed by atoms with van der Waals surface area (Å²) in [7, 11) is -2.37. The van der Waals surface area contributed by atoms with Crippen LogP contribution in [0.2, 0.25) is 0 Å². The minimum atomic E-state index is -3.63. The predicted molar refractivity (Wildman–Crippen MR) is 96.8 cm³/mol. The molecule has 1 aliphatic rings. The van der Waals surface area contributed by atoms with Crippen LogP contribution in [0.4, 0.5) is 0 Å². The third-order valence-electron chi connectivity index (χ3n) is 3.50. The maximum Gasteiger partial charge on any atom is 0.337 e. The van der Waals surface area contributed by atoms with E-state index in [1.807, 2.05) is 0 Å². The molecule has 0 radical (unpaired) electrons. The fourth-order valence-electron chi connectivity index (χ4n) is 2.26. The summed E-state index contributed by atoms with van der Waals surface area (Å²) in [5.74, 6) is -0.558. The Morgan fingerprint density at radius 1 is 1.29 bits per heavy atom. The number of halogens is 2. The molecule has 1 heterocycles. The van der Waals surface area contributed by atoms with Gasteiger partial charge in [0.2, 0.25) is 10.0 Å². The second kappa shape index (κ2) is 10.9. The number of nitrogens with zero attached hydrogens (tertiary/aromatic N) is 1. The van der Waals surface area contributed by atoms with Gasteiger partial charge in [-0.3, -0.25) is 4.90 Å². The van der Waals surface area contributed by atoms with Gasteiger partial charge in [0.15, 0.2) is 0 Å². The van der Waals surface area contributed by atoms with E-state index in [4.69, 9.17) is 0 Å². The van der Waals surface area contributed by atoms with Crippen molar-refractivity contribution in [3.8, 4) is 0 Å². The Morgan fingerprint density at radius 2 is 1.96 bits per heavy atom. The Bertz CT molecular complexity index is 622. The number of ether oxygens (including phenoxy) is 1. The molecule has 1 aromatic carbocycles. The van der Waals surface area contributed by atoms with E-state index in [1.54, 1.807) is 0 Å². The number of carbonyl (C=O) groups excluding carboxylic acids is 1. The van der Waals surface area contributed by atoms with E-state index in [0.29, 0.717) is 13.1 Å². The Kier molecular flexibility index (Phi) is 10.5. The van der Waals surface area contributed by atoms with Crippen LogP contribution in [0.25, 0.3) is 0 Å². The van der Waals surface area contributed by atoms with Crippen LogP contribution in [0.5, 0.6) is 0 Å². The summed E-state index contributed by atoms with van der Waals surface area (Å²) in [5, 5.41) is 3.25. The highest BCUT2D eigenvalue weighted by molar-refractivity contribution is 7.89. The van der Waals surface area contributed by atoms with Crippen molar-refractivity contribution in [3.05, 3.63) is 29.8 Å². The molecule has 2 N–H and O–H groups in total. The van der Waals surface area contributed by atoms with Crippen LogP contribution >= 0.6 is 24.8 Å². The average molecular weight is 400 g/mol. The molecule has 0 atom stereocenters. The van der Waals surface area contributed by atoms with E-state index in [1.165, 1.54) is 31.4 Å². The minimum absolute atomic E-state index is 0. The fourth-order valence-corrected chi connectivity index (χ4v) is 3.33. The van der Waals surface area contributed by atoms with Gasteiger partial charge in [-0.25, -0.2) is 17.9 Å². The predicted octanol–water partition coefficient (Wildman–Crippen LogP) is 0.500. The van der Waals surface area contributed by atoms with Gasteiger partial charge in [0.05, 0.1) is 17.6 Å². The number of nitrogens with one attached hydrogen (secondary N) is 2.